The van der Waals surface area contributed by atoms with Gasteiger partial charge in [0.05, 0.1) is 11.3 Å². The normalized spacial score (nSPS) is 13.0. The van der Waals surface area contributed by atoms with E-state index in [0.717, 1.165) is 16.6 Å². The Kier molecular flexibility index (Phi) is 4.33. The third-order valence-corrected chi connectivity index (χ3v) is 4.33. The zero-order valence-corrected chi connectivity index (χ0v) is 14.2. The summed E-state index contributed by atoms with van der Waals surface area (Å²) < 4.78 is 53.2. The topological polar surface area (TPSA) is 86.1 Å². The number of hydrogen-bond acceptors (Lipinski definition) is 4. The molecule has 6 nitrogen and oxygen atoms in total. The van der Waals surface area contributed by atoms with Gasteiger partial charge >= 0.3 is 10.8 Å². The Balaban J connectivity index is 2.43. The lowest BCUT2D eigenvalue weighted by atomic mass is 9.99. The fraction of sp³-hybridized carbons (Fsp3) is 0.267. The number of hydrogen-bond donors (Lipinski definition) is 1. The van der Waals surface area contributed by atoms with Crippen molar-refractivity contribution in [2.75, 3.05) is 6.26 Å². The molecule has 2 heterocycles. The van der Waals surface area contributed by atoms with Crippen LogP contribution in [0.2, 0.25) is 0 Å². The molecule has 0 aliphatic heterocycles. The molecule has 0 radical (unpaired) electrons. The number of fused-ring (bicyclic) bond motifs is 1. The molecule has 0 bridgehead atoms. The minimum absolute atomic E-state index is 0.0111. The molecule has 0 amide bonds. The first-order valence-corrected chi connectivity index (χ1v) is 8.77. The number of rotatable bonds is 3. The van der Waals surface area contributed by atoms with Gasteiger partial charge in [0.25, 0.3) is 0 Å². The van der Waals surface area contributed by atoms with E-state index < -0.39 is 34.3 Å². The lowest BCUT2D eigenvalue weighted by molar-refractivity contribution is 0.447. The second-order valence-electron chi connectivity index (χ2n) is 5.71. The van der Waals surface area contributed by atoms with Crippen LogP contribution in [0.15, 0.2) is 22.1 Å². The molecular weight excluding hydrogens is 357 g/mol. The summed E-state index contributed by atoms with van der Waals surface area (Å²) in [6, 6.07) is 1.62. The zero-order valence-electron chi connectivity index (χ0n) is 13.4. The summed E-state index contributed by atoms with van der Waals surface area (Å²) in [6.45, 7) is 3.54. The van der Waals surface area contributed by atoms with Gasteiger partial charge < -0.3 is 4.55 Å². The predicted octanol–water partition coefficient (Wildman–Crippen LogP) is 2.36. The van der Waals surface area contributed by atoms with Gasteiger partial charge in [-0.05, 0) is 23.6 Å². The molecule has 1 atom stereocenters. The quantitative estimate of drug-likeness (QED) is 0.566. The molecule has 0 aliphatic carbocycles. The van der Waals surface area contributed by atoms with E-state index in [1.807, 2.05) is 0 Å². The van der Waals surface area contributed by atoms with Crippen LogP contribution in [0.4, 0.5) is 13.2 Å². The van der Waals surface area contributed by atoms with Gasteiger partial charge in [0.2, 0.25) is 0 Å². The van der Waals surface area contributed by atoms with Crippen molar-refractivity contribution in [3.05, 3.63) is 45.8 Å². The molecule has 0 saturated carbocycles. The average molecular weight is 370 g/mol. The van der Waals surface area contributed by atoms with Crippen LogP contribution < -0.4 is 5.69 Å². The highest BCUT2D eigenvalue weighted by Crippen LogP contribution is 2.33. The monoisotopic (exact) mass is 370 g/mol. The van der Waals surface area contributed by atoms with E-state index in [2.05, 4.69) is 15.1 Å². The number of aromatic amines is 1. The molecule has 2 aromatic heterocycles. The van der Waals surface area contributed by atoms with Crippen LogP contribution in [0.25, 0.3) is 16.8 Å². The molecule has 25 heavy (non-hydrogen) atoms. The second kappa shape index (κ2) is 6.19. The van der Waals surface area contributed by atoms with Crippen molar-refractivity contribution >= 4 is 16.8 Å². The van der Waals surface area contributed by atoms with Crippen molar-refractivity contribution in [3.8, 4) is 11.1 Å². The Morgan fingerprint density at radius 2 is 1.84 bits per heavy atom. The lowest BCUT2D eigenvalue weighted by Crippen LogP contribution is -2.22. The predicted molar refractivity (Wildman–Crippen MR) is 85.3 cm³/mol. The lowest BCUT2D eigenvalue weighted by Gasteiger charge is -2.07. The van der Waals surface area contributed by atoms with E-state index in [9.17, 15) is 22.5 Å². The summed E-state index contributed by atoms with van der Waals surface area (Å²) in [6.07, 6.45) is 1.32. The SMILES string of the molecule is CC(C)c1nn2c(=O)[nH]c([S+](C)[O-])nc2c1-c1cc(F)c(F)c(F)c1. The van der Waals surface area contributed by atoms with Crippen LogP contribution in [0.5, 0.6) is 0 Å². The minimum atomic E-state index is -1.59. The van der Waals surface area contributed by atoms with Gasteiger partial charge in [-0.3, -0.25) is 0 Å². The van der Waals surface area contributed by atoms with Crippen LogP contribution in [-0.4, -0.2) is 30.4 Å². The third kappa shape index (κ3) is 2.91. The van der Waals surface area contributed by atoms with E-state index in [4.69, 9.17) is 0 Å². The molecule has 1 N–H and O–H groups in total. The summed E-state index contributed by atoms with van der Waals surface area (Å²) in [5.41, 5.74) is -0.177. The molecule has 0 fully saturated rings. The van der Waals surface area contributed by atoms with Crippen LogP contribution in [-0.2, 0) is 11.2 Å². The maximum Gasteiger partial charge on any atom is 0.353 e. The fourth-order valence-corrected chi connectivity index (χ4v) is 2.90. The summed E-state index contributed by atoms with van der Waals surface area (Å²) in [7, 11) is 0. The maximum atomic E-state index is 13.7. The molecule has 3 aromatic rings. The number of H-pyrrole nitrogens is 1. The van der Waals surface area contributed by atoms with Gasteiger partial charge in [-0.15, -0.1) is 0 Å². The molecule has 10 heteroatoms. The van der Waals surface area contributed by atoms with Gasteiger partial charge in [-0.25, -0.2) is 22.9 Å². The Morgan fingerprint density at radius 1 is 1.24 bits per heavy atom. The number of nitrogens with zero attached hydrogens (tertiary/aromatic N) is 3. The van der Waals surface area contributed by atoms with Crippen molar-refractivity contribution in [3.63, 3.8) is 0 Å². The first kappa shape index (κ1) is 17.5. The van der Waals surface area contributed by atoms with Crippen LogP contribution in [0, 0.1) is 17.5 Å². The molecule has 1 unspecified atom stereocenters. The average Bonchev–Trinajstić information content (AvgIpc) is 2.92. The van der Waals surface area contributed by atoms with Crippen LogP contribution >= 0.6 is 0 Å². The molecule has 1 aromatic carbocycles. The largest absolute Gasteiger partial charge is 0.609 e. The molecule has 0 saturated heterocycles. The number of nitrogens with one attached hydrogen (secondary N) is 1. The first-order valence-electron chi connectivity index (χ1n) is 7.22. The molecular formula is C15H13F3N4O2S. The zero-order chi connectivity index (χ0) is 18.5. The molecule has 0 aliphatic rings. The molecule has 3 rings (SSSR count). The highest BCUT2D eigenvalue weighted by Gasteiger charge is 2.24. The minimum Gasteiger partial charge on any atom is -0.609 e. The highest BCUT2D eigenvalue weighted by molar-refractivity contribution is 7.90. The highest BCUT2D eigenvalue weighted by atomic mass is 32.2. The van der Waals surface area contributed by atoms with Gasteiger partial charge in [0.15, 0.2) is 23.1 Å². The maximum absolute atomic E-state index is 13.7. The third-order valence-electron chi connectivity index (χ3n) is 3.59. The van der Waals surface area contributed by atoms with Gasteiger partial charge in [-0.2, -0.15) is 14.6 Å². The molecule has 132 valence electrons. The number of halogens is 3. The van der Waals surface area contributed by atoms with E-state index in [-0.39, 0.29) is 27.8 Å². The van der Waals surface area contributed by atoms with E-state index in [1.165, 1.54) is 6.26 Å². The summed E-state index contributed by atoms with van der Waals surface area (Å²) in [5, 5.41) is 4.04. The van der Waals surface area contributed by atoms with Crippen molar-refractivity contribution in [2.45, 2.75) is 24.9 Å². The standard InChI is InChI=1S/C15H13F3N4O2S/c1-6(2)12-10(7-4-8(16)11(18)9(17)5-7)13-19-14(25(3)24)20-15(23)22(13)21-12/h4-6H,1-3H3,(H,19,20,23). The number of benzene rings is 1. The fourth-order valence-electron chi connectivity index (χ4n) is 2.46. The summed E-state index contributed by atoms with van der Waals surface area (Å²) >= 11 is -1.59. The van der Waals surface area contributed by atoms with Gasteiger partial charge in [0.1, 0.15) is 6.26 Å². The Labute approximate surface area is 142 Å². The van der Waals surface area contributed by atoms with Crippen molar-refractivity contribution in [1.82, 2.24) is 19.6 Å². The smallest absolute Gasteiger partial charge is 0.353 e. The Hall–Kier alpha value is -2.33. The van der Waals surface area contributed by atoms with Crippen LogP contribution in [0.3, 0.4) is 0 Å². The molecule has 0 spiro atoms. The van der Waals surface area contributed by atoms with E-state index in [1.54, 1.807) is 13.8 Å². The van der Waals surface area contributed by atoms with Crippen molar-refractivity contribution < 1.29 is 17.7 Å². The Bertz CT molecular complexity index is 1010. The van der Waals surface area contributed by atoms with Crippen molar-refractivity contribution in [1.29, 1.82) is 0 Å². The van der Waals surface area contributed by atoms with E-state index in [0.29, 0.717) is 5.69 Å². The number of aromatic nitrogens is 4. The van der Waals surface area contributed by atoms with Gasteiger partial charge in [0, 0.05) is 11.2 Å². The second-order valence-corrected chi connectivity index (χ2v) is 7.00. The van der Waals surface area contributed by atoms with Crippen molar-refractivity contribution in [2.24, 2.45) is 0 Å². The summed E-state index contributed by atoms with van der Waals surface area (Å²) in [5.74, 6) is -4.54. The first-order chi connectivity index (χ1) is 11.7. The van der Waals surface area contributed by atoms with Crippen LogP contribution in [0.1, 0.15) is 25.5 Å². The van der Waals surface area contributed by atoms with Gasteiger partial charge in [-0.1, -0.05) is 13.8 Å². The van der Waals surface area contributed by atoms with E-state index >= 15 is 0 Å². The summed E-state index contributed by atoms with van der Waals surface area (Å²) in [4.78, 5) is 18.6. The Morgan fingerprint density at radius 3 is 2.36 bits per heavy atom.